The Hall–Kier alpha value is -0.870. The number of carbonyl (C=O) groups excluding carboxylic acids is 1. The van der Waals surface area contributed by atoms with Gasteiger partial charge in [-0.2, -0.15) is 0 Å². The van der Waals surface area contributed by atoms with E-state index in [2.05, 4.69) is 0 Å². The van der Waals surface area contributed by atoms with Gasteiger partial charge in [-0.05, 0) is 6.42 Å². The molecule has 0 aliphatic heterocycles. The molecule has 10 N–H and O–H groups in total. The first-order valence-corrected chi connectivity index (χ1v) is 5.82. The molecule has 1 atom stereocenters. The number of ketones is 1. The summed E-state index contributed by atoms with van der Waals surface area (Å²) < 4.78 is 8.88. The fourth-order valence-corrected chi connectivity index (χ4v) is 0.668. The lowest BCUT2D eigenvalue weighted by molar-refractivity contribution is -0.137. The molecule has 0 aromatic heterocycles. The quantitative estimate of drug-likeness (QED) is 0.200. The van der Waals surface area contributed by atoms with Crippen LogP contribution in [0.2, 0.25) is 0 Å². The van der Waals surface area contributed by atoms with Crippen LogP contribution in [-0.2, 0) is 14.2 Å². The molecule has 0 aliphatic carbocycles. The second kappa shape index (κ2) is 8.25. The smallest absolute Gasteiger partial charge is 0.466 e. The van der Waals surface area contributed by atoms with Crippen LogP contribution in [0.5, 0.6) is 0 Å². The zero-order chi connectivity index (χ0) is 14.2. The number of Topliss-reactive ketones (excluding diaryl/α,β-unsaturated/α-hetero) is 1. The summed E-state index contributed by atoms with van der Waals surface area (Å²) in [5, 5.41) is 8.25. The molecule has 0 bridgehead atoms. The monoisotopic (exact) mass is 273 g/mol. The van der Waals surface area contributed by atoms with Crippen molar-refractivity contribution in [2.24, 2.45) is 17.2 Å². The first-order valence-electron chi connectivity index (χ1n) is 4.25. The summed E-state index contributed by atoms with van der Waals surface area (Å²) in [5.41, 5.74) is 15.4. The third-order valence-electron chi connectivity index (χ3n) is 1.36. The van der Waals surface area contributed by atoms with Gasteiger partial charge in [0.2, 0.25) is 0 Å². The predicted molar refractivity (Wildman–Crippen MR) is 56.3 cm³/mol. The minimum atomic E-state index is -4.64. The summed E-state index contributed by atoms with van der Waals surface area (Å²) in [5.74, 6) is -1.51. The highest BCUT2D eigenvalue weighted by Crippen LogP contribution is 2.25. The van der Waals surface area contributed by atoms with E-state index in [0.717, 1.165) is 0 Å². The second-order valence-corrected chi connectivity index (χ2v) is 4.01. The Labute approximate surface area is 96.6 Å². The van der Waals surface area contributed by atoms with Gasteiger partial charge in [-0.25, -0.2) is 4.57 Å². The van der Waals surface area contributed by atoms with Crippen LogP contribution in [0.3, 0.4) is 0 Å². The second-order valence-electron chi connectivity index (χ2n) is 2.98. The van der Waals surface area contributed by atoms with E-state index in [9.17, 15) is 9.59 Å². The van der Waals surface area contributed by atoms with E-state index in [1.165, 1.54) is 0 Å². The Bertz CT molecular complexity index is 294. The van der Waals surface area contributed by atoms with Gasteiger partial charge in [0, 0.05) is 6.42 Å². The molecule has 0 saturated carbocycles. The largest absolute Gasteiger partial charge is 0.481 e. The Kier molecular flexibility index (Phi) is 8.98. The van der Waals surface area contributed by atoms with Crippen molar-refractivity contribution in [2.45, 2.75) is 25.0 Å². The lowest BCUT2D eigenvalue weighted by Crippen LogP contribution is -2.48. The van der Waals surface area contributed by atoms with E-state index < -0.39 is 31.8 Å². The molecule has 0 aromatic carbocycles. The van der Waals surface area contributed by atoms with Gasteiger partial charge in [0.15, 0.2) is 5.78 Å². The number of carboxylic acid groups (broad SMARTS) is 1. The van der Waals surface area contributed by atoms with Gasteiger partial charge in [-0.15, -0.1) is 0 Å². The number of hydrogen-bond donors (Lipinski definition) is 7. The minimum absolute atomic E-state index is 0.0685. The summed E-state index contributed by atoms with van der Waals surface area (Å²) in [6.07, 6.45) is -1.20. The SMILES string of the molecule is NC(N)C(=O)C(N)CCC(=O)O.O=P(O)(O)O. The topological polar surface area (TPSA) is 210 Å². The van der Waals surface area contributed by atoms with Crippen molar-refractivity contribution in [1.29, 1.82) is 0 Å². The van der Waals surface area contributed by atoms with Crippen molar-refractivity contribution in [3.63, 3.8) is 0 Å². The number of rotatable bonds is 5. The first-order chi connectivity index (χ1) is 7.45. The van der Waals surface area contributed by atoms with Gasteiger partial charge in [0.1, 0.15) is 6.17 Å². The van der Waals surface area contributed by atoms with Gasteiger partial charge in [-0.3, -0.25) is 9.59 Å². The molecule has 11 heteroatoms. The molecule has 0 radical (unpaired) electrons. The molecule has 17 heavy (non-hydrogen) atoms. The van der Waals surface area contributed by atoms with Crippen LogP contribution in [-0.4, -0.2) is 43.7 Å². The van der Waals surface area contributed by atoms with Gasteiger partial charge >= 0.3 is 13.8 Å². The third kappa shape index (κ3) is 17.7. The zero-order valence-electron chi connectivity index (χ0n) is 8.76. The van der Waals surface area contributed by atoms with Crippen LogP contribution in [0.4, 0.5) is 0 Å². The van der Waals surface area contributed by atoms with E-state index in [1.807, 2.05) is 0 Å². The number of phosphoric acid groups is 1. The van der Waals surface area contributed by atoms with Gasteiger partial charge in [0.25, 0.3) is 0 Å². The van der Waals surface area contributed by atoms with E-state index in [0.29, 0.717) is 0 Å². The van der Waals surface area contributed by atoms with Gasteiger partial charge in [-0.1, -0.05) is 0 Å². The minimum Gasteiger partial charge on any atom is -0.481 e. The van der Waals surface area contributed by atoms with E-state index in [1.54, 1.807) is 0 Å². The maximum absolute atomic E-state index is 10.9. The van der Waals surface area contributed by atoms with Crippen LogP contribution < -0.4 is 17.2 Å². The Morgan fingerprint density at radius 3 is 1.71 bits per heavy atom. The fraction of sp³-hybridized carbons (Fsp3) is 0.667. The van der Waals surface area contributed by atoms with Crippen molar-refractivity contribution in [1.82, 2.24) is 0 Å². The van der Waals surface area contributed by atoms with Crippen LogP contribution >= 0.6 is 7.82 Å². The van der Waals surface area contributed by atoms with Crippen LogP contribution in [0.25, 0.3) is 0 Å². The normalized spacial score (nSPS) is 12.6. The fourth-order valence-electron chi connectivity index (χ4n) is 0.668. The van der Waals surface area contributed by atoms with E-state index in [4.69, 9.17) is 41.6 Å². The molecule has 0 rings (SSSR count). The summed E-state index contributed by atoms with van der Waals surface area (Å²) in [6.45, 7) is 0. The summed E-state index contributed by atoms with van der Waals surface area (Å²) in [7, 11) is -4.64. The van der Waals surface area contributed by atoms with Gasteiger partial charge in [0.05, 0.1) is 6.04 Å². The molecule has 0 aromatic rings. The summed E-state index contributed by atoms with van der Waals surface area (Å²) in [6, 6.07) is -0.874. The molecule has 102 valence electrons. The number of carbonyl (C=O) groups is 2. The highest BCUT2D eigenvalue weighted by atomic mass is 31.2. The lowest BCUT2D eigenvalue weighted by atomic mass is 10.1. The molecule has 0 fully saturated rings. The maximum atomic E-state index is 10.9. The van der Waals surface area contributed by atoms with E-state index in [-0.39, 0.29) is 12.8 Å². The molecule has 0 saturated heterocycles. The molecular formula is C6H16N3O7P. The maximum Gasteiger partial charge on any atom is 0.466 e. The van der Waals surface area contributed by atoms with Crippen molar-refractivity contribution in [3.05, 3.63) is 0 Å². The zero-order valence-corrected chi connectivity index (χ0v) is 9.66. The summed E-state index contributed by atoms with van der Waals surface area (Å²) in [4.78, 5) is 42.5. The molecule has 0 heterocycles. The van der Waals surface area contributed by atoms with Crippen molar-refractivity contribution in [2.75, 3.05) is 0 Å². The Morgan fingerprint density at radius 2 is 1.47 bits per heavy atom. The molecular weight excluding hydrogens is 257 g/mol. The number of nitrogens with two attached hydrogens (primary N) is 3. The van der Waals surface area contributed by atoms with Crippen LogP contribution in [0, 0.1) is 0 Å². The number of aliphatic carboxylic acids is 1. The van der Waals surface area contributed by atoms with Crippen LogP contribution in [0.15, 0.2) is 0 Å². The average Bonchev–Trinajstić information content (AvgIpc) is 2.09. The highest BCUT2D eigenvalue weighted by Gasteiger charge is 2.18. The summed E-state index contributed by atoms with van der Waals surface area (Å²) >= 11 is 0. The van der Waals surface area contributed by atoms with Crippen LogP contribution in [0.1, 0.15) is 12.8 Å². The lowest BCUT2D eigenvalue weighted by Gasteiger charge is -2.10. The average molecular weight is 273 g/mol. The van der Waals surface area contributed by atoms with Crippen molar-refractivity contribution < 1.29 is 33.9 Å². The number of hydrogen-bond acceptors (Lipinski definition) is 6. The molecule has 10 nitrogen and oxygen atoms in total. The predicted octanol–water partition coefficient (Wildman–Crippen LogP) is -2.94. The Morgan fingerprint density at radius 1 is 1.12 bits per heavy atom. The standard InChI is InChI=1S/C6H13N3O3.H3O4P/c7-3(1-2-4(10)11)5(12)6(8)9;1-5(2,3)4/h3,6H,1-2,7-9H2,(H,10,11);(H3,1,2,3,4). The third-order valence-corrected chi connectivity index (χ3v) is 1.36. The highest BCUT2D eigenvalue weighted by molar-refractivity contribution is 7.45. The van der Waals surface area contributed by atoms with Crippen molar-refractivity contribution >= 4 is 19.6 Å². The first kappa shape index (κ1) is 18.5. The number of carboxylic acids is 1. The molecule has 0 amide bonds. The molecule has 1 unspecified atom stereocenters. The Balaban J connectivity index is 0. The molecule has 0 aliphatic rings. The molecule has 0 spiro atoms. The van der Waals surface area contributed by atoms with Crippen molar-refractivity contribution in [3.8, 4) is 0 Å². The van der Waals surface area contributed by atoms with E-state index >= 15 is 0 Å². The van der Waals surface area contributed by atoms with Gasteiger partial charge < -0.3 is 37.0 Å².